The van der Waals surface area contributed by atoms with Gasteiger partial charge in [0.25, 0.3) is 0 Å². The number of ketones is 1. The molecule has 3 aromatic rings. The molecule has 0 aliphatic carbocycles. The first-order valence-corrected chi connectivity index (χ1v) is 8.91. The molecular weight excluding hydrogens is 336 g/mol. The molecule has 0 aliphatic rings. The average molecular weight is 358 g/mol. The number of aryl methyl sites for hydroxylation is 1. The quantitative estimate of drug-likeness (QED) is 0.371. The van der Waals surface area contributed by atoms with Crippen molar-refractivity contribution >= 4 is 17.2 Å². The van der Waals surface area contributed by atoms with Gasteiger partial charge in [-0.05, 0) is 42.7 Å². The third-order valence-corrected chi connectivity index (χ3v) is 4.40. The predicted molar refractivity (Wildman–Crippen MR) is 108 cm³/mol. The van der Waals surface area contributed by atoms with E-state index in [1.54, 1.807) is 14.0 Å². The van der Waals surface area contributed by atoms with E-state index in [2.05, 4.69) is 35.4 Å². The Bertz CT molecular complexity index is 976. The van der Waals surface area contributed by atoms with Crippen LogP contribution in [0.25, 0.3) is 11.1 Å². The van der Waals surface area contributed by atoms with Crippen molar-refractivity contribution in [2.75, 3.05) is 7.11 Å². The maximum atomic E-state index is 11.5. The number of azo groups is 1. The fourth-order valence-corrected chi connectivity index (χ4v) is 2.79. The van der Waals surface area contributed by atoms with Crippen LogP contribution in [0.1, 0.15) is 29.8 Å². The first-order valence-electron chi connectivity index (χ1n) is 8.91. The lowest BCUT2D eigenvalue weighted by molar-refractivity contribution is 0.101. The Labute approximate surface area is 159 Å². The maximum absolute atomic E-state index is 11.5. The SMILES string of the molecule is CCc1ccc(-c2ccc(C(C)=O)cc2)c(/N=N/c2cccc(OC)c2)c1. The molecule has 0 spiro atoms. The lowest BCUT2D eigenvalue weighted by Crippen LogP contribution is -1.91. The van der Waals surface area contributed by atoms with E-state index in [1.807, 2.05) is 48.5 Å². The first-order chi connectivity index (χ1) is 13.1. The van der Waals surface area contributed by atoms with Gasteiger partial charge in [0.15, 0.2) is 5.78 Å². The van der Waals surface area contributed by atoms with Crippen molar-refractivity contribution in [3.63, 3.8) is 0 Å². The van der Waals surface area contributed by atoms with Gasteiger partial charge in [-0.1, -0.05) is 49.4 Å². The molecule has 27 heavy (non-hydrogen) atoms. The standard InChI is InChI=1S/C23H22N2O2/c1-4-17-8-13-22(19-11-9-18(10-12-19)16(2)26)23(14-17)25-24-20-6-5-7-21(15-20)27-3/h5-15H,4H2,1-3H3/b25-24+. The van der Waals surface area contributed by atoms with E-state index < -0.39 is 0 Å². The highest BCUT2D eigenvalue weighted by atomic mass is 16.5. The number of carbonyl (C=O) groups is 1. The number of ether oxygens (including phenoxy) is 1. The first kappa shape index (κ1) is 18.5. The number of benzene rings is 3. The van der Waals surface area contributed by atoms with Crippen molar-refractivity contribution in [1.29, 1.82) is 0 Å². The fraction of sp³-hybridized carbons (Fsp3) is 0.174. The summed E-state index contributed by atoms with van der Waals surface area (Å²) in [5.41, 5.74) is 5.40. The highest BCUT2D eigenvalue weighted by molar-refractivity contribution is 5.94. The number of nitrogens with zero attached hydrogens (tertiary/aromatic N) is 2. The van der Waals surface area contributed by atoms with E-state index in [-0.39, 0.29) is 5.78 Å². The molecule has 0 fully saturated rings. The summed E-state index contributed by atoms with van der Waals surface area (Å²) in [4.78, 5) is 11.5. The summed E-state index contributed by atoms with van der Waals surface area (Å²) in [6.07, 6.45) is 0.922. The van der Waals surface area contributed by atoms with Gasteiger partial charge < -0.3 is 4.74 Å². The lowest BCUT2D eigenvalue weighted by Gasteiger charge is -2.08. The van der Waals surface area contributed by atoms with E-state index in [0.717, 1.165) is 34.7 Å². The Hall–Kier alpha value is -3.27. The molecule has 0 saturated heterocycles. The Kier molecular flexibility index (Phi) is 5.77. The topological polar surface area (TPSA) is 51.0 Å². The molecule has 0 amide bonds. The van der Waals surface area contributed by atoms with Gasteiger partial charge in [-0.25, -0.2) is 0 Å². The van der Waals surface area contributed by atoms with Crippen LogP contribution in [0.3, 0.4) is 0 Å². The van der Waals surface area contributed by atoms with Crippen molar-refractivity contribution < 1.29 is 9.53 Å². The fourth-order valence-electron chi connectivity index (χ4n) is 2.79. The summed E-state index contributed by atoms with van der Waals surface area (Å²) in [5.74, 6) is 0.801. The smallest absolute Gasteiger partial charge is 0.159 e. The van der Waals surface area contributed by atoms with Gasteiger partial charge in [0, 0.05) is 17.2 Å². The van der Waals surface area contributed by atoms with Crippen LogP contribution in [0, 0.1) is 0 Å². The van der Waals surface area contributed by atoms with Crippen LogP contribution in [0.2, 0.25) is 0 Å². The van der Waals surface area contributed by atoms with Gasteiger partial charge in [0.05, 0.1) is 18.5 Å². The number of carbonyl (C=O) groups excluding carboxylic acids is 1. The summed E-state index contributed by atoms with van der Waals surface area (Å²) in [6.45, 7) is 3.68. The van der Waals surface area contributed by atoms with Gasteiger partial charge in [-0.2, -0.15) is 5.11 Å². The molecule has 0 aromatic heterocycles. The second-order valence-electron chi connectivity index (χ2n) is 6.24. The zero-order valence-electron chi connectivity index (χ0n) is 15.8. The van der Waals surface area contributed by atoms with E-state index in [9.17, 15) is 4.79 Å². The molecule has 4 nitrogen and oxygen atoms in total. The molecule has 4 heteroatoms. The summed E-state index contributed by atoms with van der Waals surface area (Å²) in [6, 6.07) is 21.3. The minimum absolute atomic E-state index is 0.0563. The van der Waals surface area contributed by atoms with Crippen LogP contribution in [0.15, 0.2) is 77.0 Å². The molecule has 0 bridgehead atoms. The Morgan fingerprint density at radius 3 is 2.41 bits per heavy atom. The van der Waals surface area contributed by atoms with E-state index in [4.69, 9.17) is 4.74 Å². The van der Waals surface area contributed by atoms with E-state index >= 15 is 0 Å². The Balaban J connectivity index is 2.00. The van der Waals surface area contributed by atoms with E-state index in [1.165, 1.54) is 5.56 Å². The zero-order valence-corrected chi connectivity index (χ0v) is 15.8. The zero-order chi connectivity index (χ0) is 19.2. The maximum Gasteiger partial charge on any atom is 0.159 e. The number of hydrogen-bond acceptors (Lipinski definition) is 4. The highest BCUT2D eigenvalue weighted by Crippen LogP contribution is 2.33. The Morgan fingerprint density at radius 2 is 1.74 bits per heavy atom. The Morgan fingerprint density at radius 1 is 0.963 bits per heavy atom. The summed E-state index contributed by atoms with van der Waals surface area (Å²) < 4.78 is 5.24. The van der Waals surface area contributed by atoms with Gasteiger partial charge in [-0.3, -0.25) is 4.79 Å². The summed E-state index contributed by atoms with van der Waals surface area (Å²) in [5, 5.41) is 8.88. The monoisotopic (exact) mass is 358 g/mol. The van der Waals surface area contributed by atoms with E-state index in [0.29, 0.717) is 5.56 Å². The molecule has 0 atom stereocenters. The third-order valence-electron chi connectivity index (χ3n) is 4.40. The number of Topliss-reactive ketones (excluding diaryl/α,β-unsaturated/α-hetero) is 1. The summed E-state index contributed by atoms with van der Waals surface area (Å²) >= 11 is 0. The lowest BCUT2D eigenvalue weighted by atomic mass is 9.99. The van der Waals surface area contributed by atoms with Crippen molar-refractivity contribution in [2.45, 2.75) is 20.3 Å². The van der Waals surface area contributed by atoms with Crippen LogP contribution < -0.4 is 4.74 Å². The molecule has 0 radical (unpaired) electrons. The van der Waals surface area contributed by atoms with Crippen LogP contribution in [0.5, 0.6) is 5.75 Å². The highest BCUT2D eigenvalue weighted by Gasteiger charge is 2.08. The summed E-state index contributed by atoms with van der Waals surface area (Å²) in [7, 11) is 1.63. The normalized spacial score (nSPS) is 10.9. The minimum Gasteiger partial charge on any atom is -0.497 e. The molecule has 0 aliphatic heterocycles. The molecule has 0 heterocycles. The average Bonchev–Trinajstić information content (AvgIpc) is 2.72. The van der Waals surface area contributed by atoms with Crippen molar-refractivity contribution in [2.24, 2.45) is 10.2 Å². The molecular formula is C23H22N2O2. The number of methoxy groups -OCH3 is 1. The van der Waals surface area contributed by atoms with Crippen LogP contribution in [-0.4, -0.2) is 12.9 Å². The molecule has 3 aromatic carbocycles. The third kappa shape index (κ3) is 4.47. The van der Waals surface area contributed by atoms with Crippen molar-refractivity contribution in [3.05, 3.63) is 77.9 Å². The predicted octanol–water partition coefficient (Wildman–Crippen LogP) is 6.54. The number of rotatable bonds is 6. The van der Waals surface area contributed by atoms with Gasteiger partial charge in [0.1, 0.15) is 5.75 Å². The van der Waals surface area contributed by atoms with Crippen LogP contribution in [0.4, 0.5) is 11.4 Å². The van der Waals surface area contributed by atoms with Gasteiger partial charge >= 0.3 is 0 Å². The van der Waals surface area contributed by atoms with Crippen LogP contribution in [-0.2, 0) is 6.42 Å². The van der Waals surface area contributed by atoms with Crippen molar-refractivity contribution in [3.8, 4) is 16.9 Å². The van der Waals surface area contributed by atoms with Crippen molar-refractivity contribution in [1.82, 2.24) is 0 Å². The van der Waals surface area contributed by atoms with Crippen LogP contribution >= 0.6 is 0 Å². The second-order valence-corrected chi connectivity index (χ2v) is 6.24. The minimum atomic E-state index is 0.0563. The molecule has 136 valence electrons. The second kappa shape index (κ2) is 8.41. The number of hydrogen-bond donors (Lipinski definition) is 0. The molecule has 3 rings (SSSR count). The molecule has 0 N–H and O–H groups in total. The molecule has 0 unspecified atom stereocenters. The largest absolute Gasteiger partial charge is 0.497 e. The van der Waals surface area contributed by atoms with Gasteiger partial charge in [0.2, 0.25) is 0 Å². The van der Waals surface area contributed by atoms with Gasteiger partial charge in [-0.15, -0.1) is 5.11 Å². The molecule has 0 saturated carbocycles.